The highest BCUT2D eigenvalue weighted by molar-refractivity contribution is 7.16. The number of ether oxygens (including phenoxy) is 1. The Bertz CT molecular complexity index is 799. The first-order valence-electron chi connectivity index (χ1n) is 8.46. The number of fused-ring (bicyclic) bond motifs is 2. The molecule has 4 rings (SSSR count). The van der Waals surface area contributed by atoms with Gasteiger partial charge in [0.15, 0.2) is 0 Å². The number of thiophene rings is 1. The molecule has 1 amide bonds. The Balaban J connectivity index is 1.71. The van der Waals surface area contributed by atoms with Crippen molar-refractivity contribution in [3.05, 3.63) is 32.7 Å². The molecule has 3 aliphatic heterocycles. The van der Waals surface area contributed by atoms with E-state index in [1.54, 1.807) is 18.3 Å². The summed E-state index contributed by atoms with van der Waals surface area (Å²) in [5.74, 6) is -1.83. The molecule has 2 atom stereocenters. The fraction of sp³-hybridized carbons (Fsp3) is 0.562. The maximum Gasteiger partial charge on any atom is 0.471 e. The molecular formula is C16H18ClF3N4O2S. The minimum absolute atomic E-state index is 0.0549. The lowest BCUT2D eigenvalue weighted by Gasteiger charge is -2.48. The predicted octanol–water partition coefficient (Wildman–Crippen LogP) is 2.52. The lowest BCUT2D eigenvalue weighted by atomic mass is 9.80. The maximum absolute atomic E-state index is 13.1. The smallest absolute Gasteiger partial charge is 0.369 e. The molecule has 1 saturated heterocycles. The predicted molar refractivity (Wildman–Crippen MR) is 93.6 cm³/mol. The summed E-state index contributed by atoms with van der Waals surface area (Å²) in [6, 6.07) is 1.10. The van der Waals surface area contributed by atoms with Crippen molar-refractivity contribution in [2.24, 2.45) is 0 Å². The minimum atomic E-state index is -4.92. The topological polar surface area (TPSA) is 56.8 Å². The van der Waals surface area contributed by atoms with Crippen LogP contribution in [0.2, 0.25) is 4.34 Å². The van der Waals surface area contributed by atoms with Crippen molar-refractivity contribution in [1.82, 2.24) is 20.9 Å². The van der Waals surface area contributed by atoms with E-state index < -0.39 is 23.7 Å². The van der Waals surface area contributed by atoms with E-state index in [0.717, 1.165) is 21.8 Å². The molecule has 27 heavy (non-hydrogen) atoms. The van der Waals surface area contributed by atoms with Crippen molar-refractivity contribution in [3.63, 3.8) is 0 Å². The Labute approximate surface area is 162 Å². The van der Waals surface area contributed by atoms with Crippen LogP contribution in [-0.2, 0) is 21.6 Å². The third-order valence-electron chi connectivity index (χ3n) is 5.17. The molecule has 0 aromatic carbocycles. The second-order valence-electron chi connectivity index (χ2n) is 6.90. The monoisotopic (exact) mass is 422 g/mol. The van der Waals surface area contributed by atoms with Crippen LogP contribution in [0.3, 0.4) is 0 Å². The SMILES string of the molecule is CN1C=C([C@@H]2C[C@]3(CCN2C(=O)C(F)(F)F)OCCc2cc(Cl)sc23)NN1. The van der Waals surface area contributed by atoms with E-state index in [4.69, 9.17) is 16.3 Å². The Morgan fingerprint density at radius 1 is 1.48 bits per heavy atom. The molecule has 3 aliphatic rings. The van der Waals surface area contributed by atoms with Crippen LogP contribution >= 0.6 is 22.9 Å². The van der Waals surface area contributed by atoms with Gasteiger partial charge in [-0.3, -0.25) is 9.80 Å². The van der Waals surface area contributed by atoms with Crippen molar-refractivity contribution in [3.8, 4) is 0 Å². The molecule has 1 spiro atoms. The molecule has 6 nitrogen and oxygen atoms in total. The van der Waals surface area contributed by atoms with E-state index in [2.05, 4.69) is 11.0 Å². The number of piperidine rings is 1. The zero-order valence-corrected chi connectivity index (χ0v) is 16.0. The van der Waals surface area contributed by atoms with Crippen LogP contribution < -0.4 is 11.0 Å². The van der Waals surface area contributed by atoms with Crippen LogP contribution in [0.15, 0.2) is 18.0 Å². The average molecular weight is 423 g/mol. The van der Waals surface area contributed by atoms with Crippen molar-refractivity contribution in [1.29, 1.82) is 0 Å². The quantitative estimate of drug-likeness (QED) is 0.728. The summed E-state index contributed by atoms with van der Waals surface area (Å²) in [5, 5.41) is 1.59. The highest BCUT2D eigenvalue weighted by atomic mass is 35.5. The number of carbonyl (C=O) groups excluding carboxylic acids is 1. The van der Waals surface area contributed by atoms with Crippen LogP contribution in [0.1, 0.15) is 23.3 Å². The molecule has 1 aromatic heterocycles. The molecule has 0 bridgehead atoms. The van der Waals surface area contributed by atoms with E-state index >= 15 is 0 Å². The normalized spacial score (nSPS) is 28.2. The van der Waals surface area contributed by atoms with Crippen molar-refractivity contribution in [2.75, 3.05) is 20.2 Å². The first kappa shape index (κ1) is 18.9. The number of nitrogens with one attached hydrogen (secondary N) is 2. The Morgan fingerprint density at radius 2 is 2.26 bits per heavy atom. The fourth-order valence-corrected chi connectivity index (χ4v) is 5.47. The third-order valence-corrected chi connectivity index (χ3v) is 6.66. The Hall–Kier alpha value is -1.49. The second-order valence-corrected chi connectivity index (χ2v) is 8.58. The number of hydrogen-bond donors (Lipinski definition) is 2. The number of likely N-dealkylation sites (tertiary alicyclic amines) is 1. The molecule has 2 N–H and O–H groups in total. The number of alkyl halides is 3. The molecule has 0 unspecified atom stereocenters. The highest BCUT2D eigenvalue weighted by Crippen LogP contribution is 2.49. The number of hydrogen-bond acceptors (Lipinski definition) is 6. The molecule has 0 radical (unpaired) electrons. The lowest BCUT2D eigenvalue weighted by Crippen LogP contribution is -2.58. The van der Waals surface area contributed by atoms with Crippen LogP contribution in [0.25, 0.3) is 0 Å². The standard InChI is InChI=1S/C16H18ClF3N4O2S/c1-23-8-10(21-22-23)11-7-15(3-4-24(11)14(25)16(18,19)20)13-9(2-5-26-15)6-12(17)27-13/h6,8,11,21-22H,2-5,7H2,1H3/t11-,15-/m0/s1. The molecule has 1 aromatic rings. The average Bonchev–Trinajstić information content (AvgIpc) is 3.19. The molecular weight excluding hydrogens is 405 g/mol. The summed E-state index contributed by atoms with van der Waals surface area (Å²) in [6.45, 7) is 0.422. The number of amides is 1. The molecule has 0 saturated carbocycles. The van der Waals surface area contributed by atoms with Gasteiger partial charge in [0.1, 0.15) is 5.60 Å². The summed E-state index contributed by atoms with van der Waals surface area (Å²) in [6.07, 6.45) is -2.03. The number of carbonyl (C=O) groups is 1. The molecule has 148 valence electrons. The fourth-order valence-electron chi connectivity index (χ4n) is 3.99. The molecule has 11 heteroatoms. The van der Waals surface area contributed by atoms with Crippen molar-refractivity contribution in [2.45, 2.75) is 37.1 Å². The number of rotatable bonds is 1. The van der Waals surface area contributed by atoms with Gasteiger partial charge >= 0.3 is 12.1 Å². The Kier molecular flexibility index (Phi) is 4.57. The van der Waals surface area contributed by atoms with Gasteiger partial charge in [-0.15, -0.1) is 16.9 Å². The first-order chi connectivity index (χ1) is 12.7. The van der Waals surface area contributed by atoms with Crippen LogP contribution in [0, 0.1) is 0 Å². The Morgan fingerprint density at radius 3 is 2.93 bits per heavy atom. The van der Waals surface area contributed by atoms with Crippen LogP contribution in [0.5, 0.6) is 0 Å². The van der Waals surface area contributed by atoms with E-state index in [1.165, 1.54) is 11.3 Å². The van der Waals surface area contributed by atoms with Gasteiger partial charge in [-0.25, -0.2) is 0 Å². The van der Waals surface area contributed by atoms with E-state index in [0.29, 0.717) is 23.1 Å². The van der Waals surface area contributed by atoms with Crippen molar-refractivity contribution >= 4 is 28.8 Å². The van der Waals surface area contributed by atoms with Gasteiger partial charge in [-0.1, -0.05) is 11.6 Å². The van der Waals surface area contributed by atoms with Gasteiger partial charge in [0.05, 0.1) is 22.7 Å². The summed E-state index contributed by atoms with van der Waals surface area (Å²) in [4.78, 5) is 13.9. The molecule has 4 heterocycles. The van der Waals surface area contributed by atoms with Gasteiger partial charge in [0.25, 0.3) is 0 Å². The zero-order valence-electron chi connectivity index (χ0n) is 14.4. The number of hydrazine groups is 2. The minimum Gasteiger partial charge on any atom is -0.369 e. The van der Waals surface area contributed by atoms with Crippen LogP contribution in [-0.4, -0.2) is 48.2 Å². The lowest BCUT2D eigenvalue weighted by molar-refractivity contribution is -0.194. The van der Waals surface area contributed by atoms with Gasteiger partial charge < -0.3 is 15.1 Å². The molecule has 0 aliphatic carbocycles. The maximum atomic E-state index is 13.1. The van der Waals surface area contributed by atoms with Gasteiger partial charge in [0.2, 0.25) is 0 Å². The van der Waals surface area contributed by atoms with Crippen LogP contribution in [0.4, 0.5) is 13.2 Å². The number of halogens is 4. The van der Waals surface area contributed by atoms with Gasteiger partial charge in [-0.2, -0.15) is 13.2 Å². The second kappa shape index (κ2) is 6.54. The largest absolute Gasteiger partial charge is 0.471 e. The highest BCUT2D eigenvalue weighted by Gasteiger charge is 2.53. The summed E-state index contributed by atoms with van der Waals surface area (Å²) >= 11 is 7.59. The number of nitrogens with zero attached hydrogens (tertiary/aromatic N) is 2. The summed E-state index contributed by atoms with van der Waals surface area (Å²) in [5.41, 5.74) is 6.49. The zero-order chi connectivity index (χ0) is 19.4. The van der Waals surface area contributed by atoms with Gasteiger partial charge in [0, 0.05) is 31.1 Å². The summed E-state index contributed by atoms with van der Waals surface area (Å²) < 4.78 is 46.2. The van der Waals surface area contributed by atoms with Gasteiger partial charge in [-0.05, 0) is 24.5 Å². The molecule has 1 fully saturated rings. The first-order valence-corrected chi connectivity index (χ1v) is 9.66. The third kappa shape index (κ3) is 3.28. The summed E-state index contributed by atoms with van der Waals surface area (Å²) in [7, 11) is 1.71. The van der Waals surface area contributed by atoms with Crippen molar-refractivity contribution < 1.29 is 22.7 Å². The van der Waals surface area contributed by atoms with E-state index in [1.807, 2.05) is 6.07 Å². The van der Waals surface area contributed by atoms with E-state index in [-0.39, 0.29) is 13.0 Å². The van der Waals surface area contributed by atoms with E-state index in [9.17, 15) is 18.0 Å².